The number of hydrogen-bond donors (Lipinski definition) is 1. The van der Waals surface area contributed by atoms with Crippen molar-refractivity contribution in [2.75, 3.05) is 20.1 Å². The van der Waals surface area contributed by atoms with Gasteiger partial charge in [0.25, 0.3) is 5.91 Å². The summed E-state index contributed by atoms with van der Waals surface area (Å²) in [5.41, 5.74) is 0.693. The van der Waals surface area contributed by atoms with Crippen LogP contribution in [0.25, 0.3) is 0 Å². The van der Waals surface area contributed by atoms with E-state index in [0.29, 0.717) is 16.6 Å². The monoisotopic (exact) mass is 238 g/mol. The fourth-order valence-corrected chi connectivity index (χ4v) is 2.06. The van der Waals surface area contributed by atoms with Gasteiger partial charge in [-0.15, -0.1) is 0 Å². The molecule has 1 aliphatic heterocycles. The second-order valence-electron chi connectivity index (χ2n) is 4.07. The highest BCUT2D eigenvalue weighted by atomic mass is 35.5. The lowest BCUT2D eigenvalue weighted by Gasteiger charge is -2.23. The van der Waals surface area contributed by atoms with Gasteiger partial charge in [-0.05, 0) is 37.2 Å². The molecule has 4 heteroatoms. The molecule has 1 N–H and O–H groups in total. The number of rotatable bonds is 2. The van der Waals surface area contributed by atoms with Crippen molar-refractivity contribution in [1.29, 1.82) is 0 Å². The van der Waals surface area contributed by atoms with Crippen LogP contribution in [-0.2, 0) is 0 Å². The first-order valence-electron chi connectivity index (χ1n) is 5.42. The van der Waals surface area contributed by atoms with Crippen LogP contribution in [0.15, 0.2) is 24.3 Å². The van der Waals surface area contributed by atoms with E-state index in [1.165, 1.54) is 0 Å². The van der Waals surface area contributed by atoms with Gasteiger partial charge in [0.1, 0.15) is 0 Å². The zero-order valence-electron chi connectivity index (χ0n) is 9.24. The van der Waals surface area contributed by atoms with Crippen molar-refractivity contribution in [1.82, 2.24) is 10.2 Å². The first-order valence-corrected chi connectivity index (χ1v) is 5.80. The Morgan fingerprint density at radius 3 is 2.69 bits per heavy atom. The number of carbonyl (C=O) groups excluding carboxylic acids is 1. The molecule has 1 fully saturated rings. The highest BCUT2D eigenvalue weighted by molar-refractivity contribution is 6.30. The SMILES string of the molecule is CN(C(=O)c1ccc(Cl)cc1)C1CCNC1. The summed E-state index contributed by atoms with van der Waals surface area (Å²) in [5.74, 6) is 0.0605. The van der Waals surface area contributed by atoms with E-state index >= 15 is 0 Å². The Kier molecular flexibility index (Phi) is 3.46. The number of amides is 1. The minimum atomic E-state index is 0.0605. The van der Waals surface area contributed by atoms with Crippen molar-refractivity contribution >= 4 is 17.5 Å². The van der Waals surface area contributed by atoms with Crippen LogP contribution in [-0.4, -0.2) is 37.0 Å². The zero-order chi connectivity index (χ0) is 11.5. The van der Waals surface area contributed by atoms with Gasteiger partial charge in [0, 0.05) is 30.2 Å². The van der Waals surface area contributed by atoms with E-state index in [2.05, 4.69) is 5.32 Å². The Hall–Kier alpha value is -1.06. The molecule has 2 rings (SSSR count). The highest BCUT2D eigenvalue weighted by Crippen LogP contribution is 2.14. The zero-order valence-corrected chi connectivity index (χ0v) is 10.00. The van der Waals surface area contributed by atoms with E-state index in [9.17, 15) is 4.79 Å². The third-order valence-corrected chi connectivity index (χ3v) is 3.25. The fourth-order valence-electron chi connectivity index (χ4n) is 1.93. The molecular weight excluding hydrogens is 224 g/mol. The van der Waals surface area contributed by atoms with Crippen molar-refractivity contribution in [2.24, 2.45) is 0 Å². The molecule has 1 aliphatic rings. The molecular formula is C12H15ClN2O. The van der Waals surface area contributed by atoms with Crippen molar-refractivity contribution < 1.29 is 4.79 Å². The Morgan fingerprint density at radius 1 is 1.44 bits per heavy atom. The van der Waals surface area contributed by atoms with Crippen LogP contribution in [0.4, 0.5) is 0 Å². The third-order valence-electron chi connectivity index (χ3n) is 2.99. The summed E-state index contributed by atoms with van der Waals surface area (Å²) in [6.07, 6.45) is 1.02. The average Bonchev–Trinajstić information content (AvgIpc) is 2.81. The number of hydrogen-bond acceptors (Lipinski definition) is 2. The summed E-state index contributed by atoms with van der Waals surface area (Å²) in [6.45, 7) is 1.87. The maximum Gasteiger partial charge on any atom is 0.253 e. The second kappa shape index (κ2) is 4.85. The summed E-state index contributed by atoms with van der Waals surface area (Å²) in [5, 5.41) is 3.91. The lowest BCUT2D eigenvalue weighted by molar-refractivity contribution is 0.0744. The fraction of sp³-hybridized carbons (Fsp3) is 0.417. The van der Waals surface area contributed by atoms with Crippen LogP contribution in [0, 0.1) is 0 Å². The normalized spacial score (nSPS) is 19.8. The molecule has 0 aliphatic carbocycles. The summed E-state index contributed by atoms with van der Waals surface area (Å²) < 4.78 is 0. The van der Waals surface area contributed by atoms with Crippen LogP contribution < -0.4 is 5.32 Å². The lowest BCUT2D eigenvalue weighted by atomic mass is 10.1. The summed E-state index contributed by atoms with van der Waals surface area (Å²) >= 11 is 5.79. The first-order chi connectivity index (χ1) is 7.68. The van der Waals surface area contributed by atoms with Gasteiger partial charge in [-0.25, -0.2) is 0 Å². The molecule has 1 unspecified atom stereocenters. The number of benzene rings is 1. The van der Waals surface area contributed by atoms with Gasteiger partial charge in [-0.3, -0.25) is 4.79 Å². The standard InChI is InChI=1S/C12H15ClN2O/c1-15(11-6-7-14-8-11)12(16)9-2-4-10(13)5-3-9/h2-5,11,14H,6-8H2,1H3. The minimum absolute atomic E-state index is 0.0605. The van der Waals surface area contributed by atoms with Crippen molar-refractivity contribution in [2.45, 2.75) is 12.5 Å². The quantitative estimate of drug-likeness (QED) is 0.852. The molecule has 1 heterocycles. The first kappa shape index (κ1) is 11.4. The predicted octanol–water partition coefficient (Wildman–Crippen LogP) is 1.77. The highest BCUT2D eigenvalue weighted by Gasteiger charge is 2.23. The number of nitrogens with zero attached hydrogens (tertiary/aromatic N) is 1. The van der Waals surface area contributed by atoms with E-state index in [1.807, 2.05) is 11.9 Å². The summed E-state index contributed by atoms with van der Waals surface area (Å²) in [4.78, 5) is 13.9. The maximum atomic E-state index is 12.1. The molecule has 0 spiro atoms. The summed E-state index contributed by atoms with van der Waals surface area (Å²) in [6, 6.07) is 7.33. The number of likely N-dealkylation sites (N-methyl/N-ethyl adjacent to an activating group) is 1. The molecule has 0 aromatic heterocycles. The van der Waals surface area contributed by atoms with Crippen LogP contribution in [0.3, 0.4) is 0 Å². The molecule has 16 heavy (non-hydrogen) atoms. The predicted molar refractivity (Wildman–Crippen MR) is 64.8 cm³/mol. The summed E-state index contributed by atoms with van der Waals surface area (Å²) in [7, 11) is 1.86. The molecule has 1 aromatic carbocycles. The Morgan fingerprint density at radius 2 is 2.12 bits per heavy atom. The molecule has 0 bridgehead atoms. The third kappa shape index (κ3) is 2.36. The Bertz CT molecular complexity index is 371. The molecule has 0 saturated carbocycles. The van der Waals surface area contributed by atoms with Gasteiger partial charge >= 0.3 is 0 Å². The largest absolute Gasteiger partial charge is 0.337 e. The topological polar surface area (TPSA) is 32.3 Å². The van der Waals surface area contributed by atoms with Gasteiger partial charge in [0.05, 0.1) is 0 Å². The van der Waals surface area contributed by atoms with Gasteiger partial charge in [-0.1, -0.05) is 11.6 Å². The molecule has 1 saturated heterocycles. The van der Waals surface area contributed by atoms with Crippen LogP contribution in [0.2, 0.25) is 5.02 Å². The van der Waals surface area contributed by atoms with Gasteiger partial charge in [-0.2, -0.15) is 0 Å². The smallest absolute Gasteiger partial charge is 0.253 e. The van der Waals surface area contributed by atoms with E-state index < -0.39 is 0 Å². The second-order valence-corrected chi connectivity index (χ2v) is 4.51. The van der Waals surface area contributed by atoms with Gasteiger partial charge in [0.2, 0.25) is 0 Å². The van der Waals surface area contributed by atoms with E-state index in [1.54, 1.807) is 24.3 Å². The molecule has 0 radical (unpaired) electrons. The maximum absolute atomic E-state index is 12.1. The van der Waals surface area contributed by atoms with Crippen LogP contribution >= 0.6 is 11.6 Å². The van der Waals surface area contributed by atoms with E-state index in [-0.39, 0.29) is 5.91 Å². The Balaban J connectivity index is 2.08. The molecule has 1 amide bonds. The van der Waals surface area contributed by atoms with E-state index in [4.69, 9.17) is 11.6 Å². The number of halogens is 1. The van der Waals surface area contributed by atoms with E-state index in [0.717, 1.165) is 19.5 Å². The van der Waals surface area contributed by atoms with Crippen molar-refractivity contribution in [3.05, 3.63) is 34.9 Å². The average molecular weight is 239 g/mol. The number of carbonyl (C=O) groups is 1. The molecule has 3 nitrogen and oxygen atoms in total. The van der Waals surface area contributed by atoms with Gasteiger partial charge < -0.3 is 10.2 Å². The Labute approximate surface area is 100 Å². The molecule has 86 valence electrons. The minimum Gasteiger partial charge on any atom is -0.337 e. The van der Waals surface area contributed by atoms with Gasteiger partial charge in [0.15, 0.2) is 0 Å². The molecule has 1 aromatic rings. The lowest BCUT2D eigenvalue weighted by Crippen LogP contribution is -2.38. The molecule has 1 atom stereocenters. The van der Waals surface area contributed by atoms with Crippen LogP contribution in [0.5, 0.6) is 0 Å². The van der Waals surface area contributed by atoms with Crippen LogP contribution in [0.1, 0.15) is 16.8 Å². The number of nitrogens with one attached hydrogen (secondary N) is 1. The van der Waals surface area contributed by atoms with Crippen molar-refractivity contribution in [3.63, 3.8) is 0 Å². The van der Waals surface area contributed by atoms with Crippen molar-refractivity contribution in [3.8, 4) is 0 Å².